The summed E-state index contributed by atoms with van der Waals surface area (Å²) in [5.41, 5.74) is 3.65. The highest BCUT2D eigenvalue weighted by Crippen LogP contribution is 2.25. The number of carbonyl (C=O) groups is 3. The van der Waals surface area contributed by atoms with Crippen LogP contribution >= 0.6 is 0 Å². The number of aliphatic hydroxyl groups is 1. The van der Waals surface area contributed by atoms with E-state index in [0.717, 1.165) is 21.6 Å². The Bertz CT molecular complexity index is 1130. The number of amides is 2. The number of aliphatic carboxylic acids is 1. The summed E-state index contributed by atoms with van der Waals surface area (Å²) >= 11 is 0. The van der Waals surface area contributed by atoms with Gasteiger partial charge in [0.15, 0.2) is 0 Å². The zero-order valence-corrected chi connectivity index (χ0v) is 17.9. The van der Waals surface area contributed by atoms with Gasteiger partial charge >= 0.3 is 5.97 Å². The van der Waals surface area contributed by atoms with E-state index in [1.807, 2.05) is 36.4 Å². The van der Waals surface area contributed by atoms with E-state index in [0.29, 0.717) is 17.5 Å². The molecule has 1 aliphatic heterocycles. The third kappa shape index (κ3) is 4.83. The van der Waals surface area contributed by atoms with Crippen LogP contribution in [-0.2, 0) is 11.2 Å². The Hall–Kier alpha value is -3.84. The molecule has 3 aromatic rings. The second-order valence-electron chi connectivity index (χ2n) is 8.09. The highest BCUT2D eigenvalue weighted by molar-refractivity contribution is 6.21. The van der Waals surface area contributed by atoms with Gasteiger partial charge in [0, 0.05) is 18.9 Å². The molecule has 4 rings (SSSR count). The van der Waals surface area contributed by atoms with E-state index in [9.17, 15) is 24.6 Å². The number of carbonyl (C=O) groups excluding carboxylic acids is 2. The first kappa shape index (κ1) is 22.4. The maximum Gasteiger partial charge on any atom is 0.309 e. The molecule has 2 heterocycles. The number of hydrogen-bond donors (Lipinski definition) is 2. The summed E-state index contributed by atoms with van der Waals surface area (Å²) in [6.45, 7) is -0.0554. The number of aromatic nitrogens is 1. The van der Waals surface area contributed by atoms with Gasteiger partial charge in [0.1, 0.15) is 0 Å². The fourth-order valence-corrected chi connectivity index (χ4v) is 4.10. The number of nitrogens with zero attached hydrogens (tertiary/aromatic N) is 2. The number of fused-ring (bicyclic) bond motifs is 1. The first-order chi connectivity index (χ1) is 16.0. The van der Waals surface area contributed by atoms with E-state index >= 15 is 0 Å². The predicted octanol–water partition coefficient (Wildman–Crippen LogP) is 3.43. The molecule has 2 unspecified atom stereocenters. The maximum atomic E-state index is 12.5. The van der Waals surface area contributed by atoms with Crippen molar-refractivity contribution in [1.82, 2.24) is 9.88 Å². The predicted molar refractivity (Wildman–Crippen MR) is 122 cm³/mol. The Morgan fingerprint density at radius 3 is 2.12 bits per heavy atom. The maximum absolute atomic E-state index is 12.5. The lowest BCUT2D eigenvalue weighted by Crippen LogP contribution is -2.36. The lowest BCUT2D eigenvalue weighted by atomic mass is 9.93. The molecule has 7 heteroatoms. The number of imide groups is 1. The number of rotatable bonds is 9. The van der Waals surface area contributed by atoms with Crippen molar-refractivity contribution in [2.24, 2.45) is 5.92 Å². The van der Waals surface area contributed by atoms with Gasteiger partial charge in [-0.15, -0.1) is 0 Å². The first-order valence-electron chi connectivity index (χ1n) is 10.8. The summed E-state index contributed by atoms with van der Waals surface area (Å²) in [6.07, 6.45) is 3.14. The second kappa shape index (κ2) is 9.75. The van der Waals surface area contributed by atoms with Crippen molar-refractivity contribution < 1.29 is 24.6 Å². The van der Waals surface area contributed by atoms with Crippen LogP contribution in [0.1, 0.15) is 39.1 Å². The molecule has 0 bridgehead atoms. The first-order valence-corrected chi connectivity index (χ1v) is 10.8. The van der Waals surface area contributed by atoms with Gasteiger partial charge in [-0.05, 0) is 54.2 Å². The minimum absolute atomic E-state index is 0.0120. The van der Waals surface area contributed by atoms with Gasteiger partial charge in [0.2, 0.25) is 0 Å². The summed E-state index contributed by atoms with van der Waals surface area (Å²) in [5, 5.41) is 20.2. The Kier molecular flexibility index (Phi) is 6.60. The summed E-state index contributed by atoms with van der Waals surface area (Å²) in [4.78, 5) is 41.9. The largest absolute Gasteiger partial charge is 0.481 e. The lowest BCUT2D eigenvalue weighted by Gasteiger charge is -2.22. The number of carboxylic acid groups (broad SMARTS) is 1. The van der Waals surface area contributed by atoms with Crippen LogP contribution in [0.3, 0.4) is 0 Å². The van der Waals surface area contributed by atoms with Crippen molar-refractivity contribution >= 4 is 17.8 Å². The molecule has 33 heavy (non-hydrogen) atoms. The Labute approximate surface area is 191 Å². The summed E-state index contributed by atoms with van der Waals surface area (Å²) < 4.78 is 0. The zero-order chi connectivity index (χ0) is 23.4. The van der Waals surface area contributed by atoms with Crippen molar-refractivity contribution in [3.05, 3.63) is 89.7 Å². The van der Waals surface area contributed by atoms with Crippen LogP contribution in [0.15, 0.2) is 73.1 Å². The van der Waals surface area contributed by atoms with Gasteiger partial charge < -0.3 is 10.2 Å². The van der Waals surface area contributed by atoms with Crippen molar-refractivity contribution in [1.29, 1.82) is 0 Å². The molecule has 0 saturated carbocycles. The molecule has 2 N–H and O–H groups in total. The second-order valence-corrected chi connectivity index (χ2v) is 8.09. The molecule has 2 aromatic carbocycles. The fourth-order valence-electron chi connectivity index (χ4n) is 4.10. The Morgan fingerprint density at radius 1 is 0.879 bits per heavy atom. The summed E-state index contributed by atoms with van der Waals surface area (Å²) in [7, 11) is 0. The number of benzene rings is 2. The average molecular weight is 444 g/mol. The van der Waals surface area contributed by atoms with Crippen molar-refractivity contribution in [2.75, 3.05) is 6.54 Å². The zero-order valence-electron chi connectivity index (χ0n) is 17.9. The van der Waals surface area contributed by atoms with E-state index in [1.165, 1.54) is 0 Å². The molecule has 0 spiro atoms. The van der Waals surface area contributed by atoms with E-state index in [-0.39, 0.29) is 19.4 Å². The van der Waals surface area contributed by atoms with Crippen LogP contribution in [-0.4, -0.2) is 50.5 Å². The molecular weight excluding hydrogens is 420 g/mol. The van der Waals surface area contributed by atoms with Gasteiger partial charge in [-0.1, -0.05) is 42.5 Å². The number of pyridine rings is 1. The molecule has 0 fully saturated rings. The number of carboxylic acids is 1. The van der Waals surface area contributed by atoms with Crippen molar-refractivity contribution in [3.63, 3.8) is 0 Å². The third-order valence-electron chi connectivity index (χ3n) is 6.00. The van der Waals surface area contributed by atoms with Crippen LogP contribution in [0.4, 0.5) is 0 Å². The standard InChI is InChI=1S/C26H24N2O5/c29-23(12-9-17-7-10-18(11-8-17)19-4-3-14-27-16-19)22(26(32)33)13-15-28-24(30)20-5-1-2-6-21(20)25(28)31/h1-8,10-11,14,16,22-23,29H,9,12-13,15H2,(H,32,33). The van der Waals surface area contributed by atoms with E-state index in [2.05, 4.69) is 4.98 Å². The Balaban J connectivity index is 1.34. The molecule has 1 aromatic heterocycles. The van der Waals surface area contributed by atoms with Gasteiger partial charge in [-0.3, -0.25) is 24.3 Å². The van der Waals surface area contributed by atoms with Crippen LogP contribution in [0.2, 0.25) is 0 Å². The molecule has 7 nitrogen and oxygen atoms in total. The third-order valence-corrected chi connectivity index (χ3v) is 6.00. The van der Waals surface area contributed by atoms with Crippen LogP contribution in [0.5, 0.6) is 0 Å². The average Bonchev–Trinajstić information content (AvgIpc) is 3.08. The highest BCUT2D eigenvalue weighted by Gasteiger charge is 2.36. The minimum atomic E-state index is -1.15. The topological polar surface area (TPSA) is 108 Å². The van der Waals surface area contributed by atoms with E-state index in [4.69, 9.17) is 0 Å². The monoisotopic (exact) mass is 444 g/mol. The summed E-state index contributed by atoms with van der Waals surface area (Å²) in [6, 6.07) is 18.2. The lowest BCUT2D eigenvalue weighted by molar-refractivity contribution is -0.146. The molecule has 0 aliphatic carbocycles. The normalized spacial score (nSPS) is 14.8. The van der Waals surface area contributed by atoms with Crippen LogP contribution < -0.4 is 0 Å². The molecule has 1 aliphatic rings. The molecule has 0 radical (unpaired) electrons. The van der Waals surface area contributed by atoms with E-state index in [1.54, 1.807) is 36.7 Å². The van der Waals surface area contributed by atoms with Gasteiger partial charge in [0.05, 0.1) is 23.1 Å². The number of aryl methyl sites for hydroxylation is 1. The SMILES string of the molecule is O=C(O)C(CCN1C(=O)c2ccccc2C1=O)C(O)CCc1ccc(-c2cccnc2)cc1. The fraction of sp³-hybridized carbons (Fsp3) is 0.231. The quantitative estimate of drug-likeness (QED) is 0.490. The highest BCUT2D eigenvalue weighted by atomic mass is 16.4. The smallest absolute Gasteiger partial charge is 0.309 e. The van der Waals surface area contributed by atoms with E-state index < -0.39 is 29.8 Å². The number of aliphatic hydroxyl groups excluding tert-OH is 1. The minimum Gasteiger partial charge on any atom is -0.481 e. The molecular formula is C26H24N2O5. The van der Waals surface area contributed by atoms with Gasteiger partial charge in [-0.2, -0.15) is 0 Å². The van der Waals surface area contributed by atoms with Gasteiger partial charge in [-0.25, -0.2) is 0 Å². The summed E-state index contributed by atoms with van der Waals surface area (Å²) in [5.74, 6) is -3.08. The van der Waals surface area contributed by atoms with Gasteiger partial charge in [0.25, 0.3) is 11.8 Å². The van der Waals surface area contributed by atoms with Crippen LogP contribution in [0, 0.1) is 5.92 Å². The molecule has 2 amide bonds. The molecule has 2 atom stereocenters. The van der Waals surface area contributed by atoms with Crippen molar-refractivity contribution in [3.8, 4) is 11.1 Å². The van der Waals surface area contributed by atoms with Crippen LogP contribution in [0.25, 0.3) is 11.1 Å². The molecule has 0 saturated heterocycles. The van der Waals surface area contributed by atoms with Crippen molar-refractivity contribution in [2.45, 2.75) is 25.4 Å². The Morgan fingerprint density at radius 2 is 1.55 bits per heavy atom. The molecule has 168 valence electrons. The number of hydrogen-bond acceptors (Lipinski definition) is 5.